The van der Waals surface area contributed by atoms with E-state index in [1.165, 1.54) is 0 Å². The first kappa shape index (κ1) is 24.1. The van der Waals surface area contributed by atoms with Crippen molar-refractivity contribution in [2.45, 2.75) is 26.2 Å². The topological polar surface area (TPSA) is 29.1 Å². The number of rotatable bonds is 3. The van der Waals surface area contributed by atoms with E-state index in [0.29, 0.717) is 10.0 Å². The molecule has 0 radical (unpaired) electrons. The van der Waals surface area contributed by atoms with Crippen molar-refractivity contribution >= 4 is 56.7 Å². The number of nitrogens with one attached hydrogen (secondary N) is 1. The standard InChI is InChI=1S/C30H24BrCl2NO/c1-30(2)17-27-28(29(35)25(30)15-18-3-9-21(31)10-4-18)24(19-5-11-22(32)12-6-19)16-26(34-27)20-7-13-23(33)14-8-20/h3-16,24,34H,17H2,1-2H3/b25-15+. The number of dihydropyridines is 1. The molecule has 0 amide bonds. The Kier molecular flexibility index (Phi) is 6.52. The molecule has 2 nitrogen and oxygen atoms in total. The molecule has 176 valence electrons. The van der Waals surface area contributed by atoms with Gasteiger partial charge in [-0.25, -0.2) is 0 Å². The summed E-state index contributed by atoms with van der Waals surface area (Å²) < 4.78 is 1.01. The molecule has 0 spiro atoms. The first-order valence-electron chi connectivity index (χ1n) is 11.5. The predicted molar refractivity (Wildman–Crippen MR) is 149 cm³/mol. The number of benzene rings is 3. The summed E-state index contributed by atoms with van der Waals surface area (Å²) in [4.78, 5) is 14.1. The second-order valence-electron chi connectivity index (χ2n) is 9.63. The first-order chi connectivity index (χ1) is 16.7. The van der Waals surface area contributed by atoms with E-state index in [1.807, 2.05) is 78.9 Å². The average Bonchev–Trinajstić information content (AvgIpc) is 2.83. The molecule has 0 bridgehead atoms. The van der Waals surface area contributed by atoms with Crippen molar-refractivity contribution in [3.63, 3.8) is 0 Å². The van der Waals surface area contributed by atoms with Gasteiger partial charge in [-0.15, -0.1) is 0 Å². The van der Waals surface area contributed by atoms with E-state index in [-0.39, 0.29) is 17.1 Å². The summed E-state index contributed by atoms with van der Waals surface area (Å²) in [7, 11) is 0. The summed E-state index contributed by atoms with van der Waals surface area (Å²) in [6.45, 7) is 4.28. The second kappa shape index (κ2) is 9.46. The van der Waals surface area contributed by atoms with Gasteiger partial charge in [-0.3, -0.25) is 4.79 Å². The van der Waals surface area contributed by atoms with Gasteiger partial charge in [0, 0.05) is 43.0 Å². The predicted octanol–water partition coefficient (Wildman–Crippen LogP) is 8.82. The number of ketones is 1. The maximum Gasteiger partial charge on any atom is 0.188 e. The van der Waals surface area contributed by atoms with Crippen LogP contribution in [0.15, 0.2) is 100 Å². The molecule has 2 aliphatic rings. The van der Waals surface area contributed by atoms with E-state index in [1.54, 1.807) is 0 Å². The summed E-state index contributed by atoms with van der Waals surface area (Å²) >= 11 is 15.8. The smallest absolute Gasteiger partial charge is 0.188 e. The Hall–Kier alpha value is -2.59. The van der Waals surface area contributed by atoms with Crippen LogP contribution in [0, 0.1) is 5.41 Å². The SMILES string of the molecule is CC1(C)CC2=C(C(=O)/C1=C\c1ccc(Br)cc1)C(c1ccc(Cl)cc1)C=C(c1ccc(Cl)cc1)N2. The molecule has 1 unspecified atom stereocenters. The average molecular weight is 565 g/mol. The van der Waals surface area contributed by atoms with E-state index in [2.05, 4.69) is 41.2 Å². The lowest BCUT2D eigenvalue weighted by molar-refractivity contribution is -0.113. The Bertz CT molecular complexity index is 1380. The highest BCUT2D eigenvalue weighted by Crippen LogP contribution is 2.48. The number of allylic oxidation sites excluding steroid dienone is 4. The quantitative estimate of drug-likeness (QED) is 0.322. The van der Waals surface area contributed by atoms with Gasteiger partial charge >= 0.3 is 0 Å². The van der Waals surface area contributed by atoms with Crippen LogP contribution in [0.2, 0.25) is 10.0 Å². The van der Waals surface area contributed by atoms with Gasteiger partial charge in [0.25, 0.3) is 0 Å². The molecule has 3 aromatic carbocycles. The van der Waals surface area contributed by atoms with Gasteiger partial charge in [0.1, 0.15) is 0 Å². The zero-order valence-electron chi connectivity index (χ0n) is 19.4. The Morgan fingerprint density at radius 1 is 0.914 bits per heavy atom. The molecule has 1 atom stereocenters. The van der Waals surface area contributed by atoms with Crippen LogP contribution in [0.4, 0.5) is 0 Å². The maximum atomic E-state index is 14.1. The lowest BCUT2D eigenvalue weighted by Crippen LogP contribution is -2.37. The van der Waals surface area contributed by atoms with Crippen molar-refractivity contribution in [3.05, 3.63) is 127 Å². The lowest BCUT2D eigenvalue weighted by atomic mass is 9.67. The second-order valence-corrected chi connectivity index (χ2v) is 11.4. The van der Waals surface area contributed by atoms with Crippen molar-refractivity contribution in [1.82, 2.24) is 5.32 Å². The number of hydrogen-bond donors (Lipinski definition) is 1. The summed E-state index contributed by atoms with van der Waals surface area (Å²) in [6.07, 6.45) is 4.90. The van der Waals surface area contributed by atoms with Gasteiger partial charge < -0.3 is 5.32 Å². The summed E-state index contributed by atoms with van der Waals surface area (Å²) in [5.74, 6) is -0.107. The highest BCUT2D eigenvalue weighted by atomic mass is 79.9. The fraction of sp³-hybridized carbons (Fsp3) is 0.167. The molecule has 0 fully saturated rings. The van der Waals surface area contributed by atoms with Crippen molar-refractivity contribution in [3.8, 4) is 0 Å². The van der Waals surface area contributed by atoms with Gasteiger partial charge in [0.05, 0.1) is 0 Å². The third kappa shape index (κ3) is 4.91. The van der Waals surface area contributed by atoms with Crippen LogP contribution in [0.3, 0.4) is 0 Å². The monoisotopic (exact) mass is 563 g/mol. The molecule has 35 heavy (non-hydrogen) atoms. The molecular formula is C30H24BrCl2NO. The zero-order valence-corrected chi connectivity index (χ0v) is 22.5. The zero-order chi connectivity index (χ0) is 24.7. The van der Waals surface area contributed by atoms with Crippen LogP contribution in [0.5, 0.6) is 0 Å². The summed E-state index contributed by atoms with van der Waals surface area (Å²) in [5.41, 5.74) is 6.31. The third-order valence-electron chi connectivity index (χ3n) is 6.66. The minimum atomic E-state index is -0.330. The summed E-state index contributed by atoms with van der Waals surface area (Å²) in [6, 6.07) is 23.6. The maximum absolute atomic E-state index is 14.1. The summed E-state index contributed by atoms with van der Waals surface area (Å²) in [5, 5.41) is 4.96. The van der Waals surface area contributed by atoms with Crippen LogP contribution in [0.25, 0.3) is 11.8 Å². The molecule has 5 heteroatoms. The Balaban J connectivity index is 1.63. The Morgan fingerprint density at radius 2 is 1.51 bits per heavy atom. The number of carbonyl (C=O) groups is 1. The largest absolute Gasteiger partial charge is 0.358 e. The number of Topliss-reactive ketones (excluding diaryl/α,β-unsaturated/α-hetero) is 1. The van der Waals surface area contributed by atoms with Crippen molar-refractivity contribution in [1.29, 1.82) is 0 Å². The first-order valence-corrected chi connectivity index (χ1v) is 13.0. The number of carbonyl (C=O) groups excluding carboxylic acids is 1. The van der Waals surface area contributed by atoms with E-state index >= 15 is 0 Å². The molecule has 1 heterocycles. The van der Waals surface area contributed by atoms with Crippen LogP contribution in [0.1, 0.15) is 42.9 Å². The highest BCUT2D eigenvalue weighted by Gasteiger charge is 2.42. The van der Waals surface area contributed by atoms with Gasteiger partial charge in [-0.05, 0) is 77.1 Å². The molecular weight excluding hydrogens is 541 g/mol. The molecule has 0 aromatic heterocycles. The fourth-order valence-electron chi connectivity index (χ4n) is 4.83. The van der Waals surface area contributed by atoms with Gasteiger partial charge in [0.2, 0.25) is 0 Å². The Labute approximate surface area is 224 Å². The van der Waals surface area contributed by atoms with Crippen LogP contribution in [-0.4, -0.2) is 5.78 Å². The molecule has 5 rings (SSSR count). The number of halogens is 3. The minimum absolute atomic E-state index is 0.0815. The van der Waals surface area contributed by atoms with Crippen molar-refractivity contribution in [2.75, 3.05) is 0 Å². The van der Waals surface area contributed by atoms with Crippen molar-refractivity contribution < 1.29 is 4.79 Å². The molecule has 1 aliphatic carbocycles. The van der Waals surface area contributed by atoms with Gasteiger partial charge in [0.15, 0.2) is 5.78 Å². The van der Waals surface area contributed by atoms with Gasteiger partial charge in [-0.1, -0.05) is 89.4 Å². The van der Waals surface area contributed by atoms with Crippen molar-refractivity contribution in [2.24, 2.45) is 5.41 Å². The molecule has 1 aliphatic heterocycles. The van der Waals surface area contributed by atoms with E-state index < -0.39 is 0 Å². The van der Waals surface area contributed by atoms with Gasteiger partial charge in [-0.2, -0.15) is 0 Å². The molecule has 3 aromatic rings. The van der Waals surface area contributed by atoms with Crippen LogP contribution >= 0.6 is 39.1 Å². The van der Waals surface area contributed by atoms with E-state index in [9.17, 15) is 4.79 Å². The lowest BCUT2D eigenvalue weighted by Gasteiger charge is -2.40. The van der Waals surface area contributed by atoms with Crippen LogP contribution in [-0.2, 0) is 4.79 Å². The fourth-order valence-corrected chi connectivity index (χ4v) is 5.35. The third-order valence-corrected chi connectivity index (χ3v) is 7.69. The highest BCUT2D eigenvalue weighted by molar-refractivity contribution is 9.10. The van der Waals surface area contributed by atoms with E-state index in [4.69, 9.17) is 23.2 Å². The normalized spacial score (nSPS) is 20.4. The molecule has 1 N–H and O–H groups in total. The van der Waals surface area contributed by atoms with Crippen LogP contribution < -0.4 is 5.32 Å². The number of hydrogen-bond acceptors (Lipinski definition) is 2. The Morgan fingerprint density at radius 3 is 2.14 bits per heavy atom. The molecule has 0 saturated heterocycles. The van der Waals surface area contributed by atoms with E-state index in [0.717, 1.165) is 50.1 Å². The minimum Gasteiger partial charge on any atom is -0.358 e. The molecule has 0 saturated carbocycles.